The number of hydrogen-bond donors (Lipinski definition) is 3. The molecule has 0 amide bonds. The number of rotatable bonds is 7. The van der Waals surface area contributed by atoms with E-state index in [9.17, 15) is 0 Å². The molecule has 1 heterocycles. The molecule has 1 aliphatic carbocycles. The molecule has 0 unspecified atom stereocenters. The van der Waals surface area contributed by atoms with Crippen molar-refractivity contribution in [3.05, 3.63) is 66.0 Å². The Balaban J connectivity index is 0.00000256. The van der Waals surface area contributed by atoms with Gasteiger partial charge in [0.05, 0.1) is 13.7 Å². The van der Waals surface area contributed by atoms with E-state index in [1.54, 1.807) is 14.2 Å². The van der Waals surface area contributed by atoms with Gasteiger partial charge in [-0.2, -0.15) is 5.10 Å². The topological polar surface area (TPSA) is 87.2 Å². The van der Waals surface area contributed by atoms with Gasteiger partial charge in [0.1, 0.15) is 11.6 Å². The van der Waals surface area contributed by atoms with E-state index in [0.717, 1.165) is 29.6 Å². The molecule has 0 radical (unpaired) electrons. The highest BCUT2D eigenvalue weighted by atomic mass is 127. The van der Waals surface area contributed by atoms with Crippen molar-refractivity contribution in [2.45, 2.75) is 24.8 Å². The minimum absolute atomic E-state index is 0. The molecular weight excluding hydrogens is 491 g/mol. The molecule has 0 saturated heterocycles. The van der Waals surface area contributed by atoms with Crippen LogP contribution in [0.2, 0.25) is 0 Å². The lowest BCUT2D eigenvalue weighted by Crippen LogP contribution is -2.41. The Hall–Kier alpha value is -2.62. The van der Waals surface area contributed by atoms with Crippen LogP contribution in [0.1, 0.15) is 24.2 Å². The van der Waals surface area contributed by atoms with Gasteiger partial charge < -0.3 is 15.4 Å². The third kappa shape index (κ3) is 5.10. The summed E-state index contributed by atoms with van der Waals surface area (Å²) in [6.07, 6.45) is 2.41. The zero-order valence-corrected chi connectivity index (χ0v) is 19.5. The molecular formula is C22H27IN6O. The Bertz CT molecular complexity index is 967. The predicted octanol–water partition coefficient (Wildman–Crippen LogP) is 3.50. The highest BCUT2D eigenvalue weighted by molar-refractivity contribution is 14.0. The largest absolute Gasteiger partial charge is 0.497 e. The second-order valence-electron chi connectivity index (χ2n) is 7.26. The summed E-state index contributed by atoms with van der Waals surface area (Å²) in [6.45, 7) is 1.38. The van der Waals surface area contributed by atoms with Gasteiger partial charge in [0.15, 0.2) is 11.8 Å². The highest BCUT2D eigenvalue weighted by Gasteiger charge is 2.43. The number of hydrogen-bond acceptors (Lipinski definition) is 4. The second kappa shape index (κ2) is 9.92. The molecule has 3 N–H and O–H groups in total. The molecule has 0 spiro atoms. The summed E-state index contributed by atoms with van der Waals surface area (Å²) in [5.74, 6) is 2.98. The Morgan fingerprint density at radius 1 is 1.10 bits per heavy atom. The summed E-state index contributed by atoms with van der Waals surface area (Å²) in [6, 6.07) is 18.4. The van der Waals surface area contributed by atoms with E-state index < -0.39 is 0 Å². The highest BCUT2D eigenvalue weighted by Crippen LogP contribution is 2.47. The molecule has 30 heavy (non-hydrogen) atoms. The smallest absolute Gasteiger partial charge is 0.191 e. The number of ether oxygens (including phenoxy) is 1. The Labute approximate surface area is 193 Å². The van der Waals surface area contributed by atoms with Crippen LogP contribution in [0.5, 0.6) is 5.75 Å². The Morgan fingerprint density at radius 3 is 2.47 bits per heavy atom. The van der Waals surface area contributed by atoms with Crippen molar-refractivity contribution in [2.75, 3.05) is 20.7 Å². The summed E-state index contributed by atoms with van der Waals surface area (Å²) >= 11 is 0. The number of nitrogens with zero attached hydrogens (tertiary/aromatic N) is 3. The van der Waals surface area contributed by atoms with Gasteiger partial charge in [0.2, 0.25) is 0 Å². The fourth-order valence-electron chi connectivity index (χ4n) is 3.39. The monoisotopic (exact) mass is 518 g/mol. The average Bonchev–Trinajstić information content (AvgIpc) is 3.43. The van der Waals surface area contributed by atoms with Gasteiger partial charge in [-0.15, -0.1) is 24.0 Å². The summed E-state index contributed by atoms with van der Waals surface area (Å²) in [7, 11) is 3.43. The molecule has 7 nitrogen and oxygen atoms in total. The minimum Gasteiger partial charge on any atom is -0.497 e. The van der Waals surface area contributed by atoms with Crippen LogP contribution in [0, 0.1) is 0 Å². The molecule has 1 fully saturated rings. The number of aliphatic imine (C=N–C) groups is 1. The molecule has 1 aliphatic rings. The lowest BCUT2D eigenvalue weighted by Gasteiger charge is -2.18. The quantitative estimate of drug-likeness (QED) is 0.253. The number of H-pyrrole nitrogens is 1. The van der Waals surface area contributed by atoms with E-state index >= 15 is 0 Å². The van der Waals surface area contributed by atoms with Crippen molar-refractivity contribution in [1.29, 1.82) is 0 Å². The Kier molecular flexibility index (Phi) is 7.30. The van der Waals surface area contributed by atoms with Crippen molar-refractivity contribution in [1.82, 2.24) is 25.8 Å². The van der Waals surface area contributed by atoms with Crippen molar-refractivity contribution < 1.29 is 4.74 Å². The van der Waals surface area contributed by atoms with E-state index in [2.05, 4.69) is 61.1 Å². The Morgan fingerprint density at radius 2 is 1.83 bits per heavy atom. The minimum atomic E-state index is 0. The SMILES string of the molecule is CN=C(NCc1nc(-c2ccc(OC)cc2)n[nH]1)NCC1(c2ccccc2)CC1.I. The fraction of sp³-hybridized carbons (Fsp3) is 0.318. The zero-order chi connectivity index (χ0) is 20.1. The first-order valence-corrected chi connectivity index (χ1v) is 9.78. The number of methoxy groups -OCH3 is 1. The maximum Gasteiger partial charge on any atom is 0.191 e. The predicted molar refractivity (Wildman–Crippen MR) is 129 cm³/mol. The molecule has 4 rings (SSSR count). The van der Waals surface area contributed by atoms with Crippen molar-refractivity contribution in [3.63, 3.8) is 0 Å². The first-order valence-electron chi connectivity index (χ1n) is 9.78. The molecule has 0 atom stereocenters. The van der Waals surface area contributed by atoms with Gasteiger partial charge >= 0.3 is 0 Å². The number of guanidine groups is 1. The molecule has 1 saturated carbocycles. The van der Waals surface area contributed by atoms with Crippen LogP contribution in [-0.2, 0) is 12.0 Å². The van der Waals surface area contributed by atoms with Crippen LogP contribution in [0.15, 0.2) is 59.6 Å². The summed E-state index contributed by atoms with van der Waals surface area (Å²) < 4.78 is 5.19. The molecule has 0 aliphatic heterocycles. The van der Waals surface area contributed by atoms with Gasteiger partial charge in [-0.3, -0.25) is 10.1 Å². The molecule has 1 aromatic heterocycles. The number of benzene rings is 2. The van der Waals surface area contributed by atoms with Crippen molar-refractivity contribution in [3.8, 4) is 17.1 Å². The van der Waals surface area contributed by atoms with E-state index in [0.29, 0.717) is 12.4 Å². The molecule has 3 aromatic rings. The van der Waals surface area contributed by atoms with Crippen molar-refractivity contribution in [2.24, 2.45) is 4.99 Å². The normalized spacial score (nSPS) is 14.5. The second-order valence-corrected chi connectivity index (χ2v) is 7.26. The van der Waals surface area contributed by atoms with Gasteiger partial charge in [0, 0.05) is 24.6 Å². The van der Waals surface area contributed by atoms with E-state index in [1.807, 2.05) is 24.3 Å². The third-order valence-electron chi connectivity index (χ3n) is 5.36. The molecule has 8 heteroatoms. The van der Waals surface area contributed by atoms with Gasteiger partial charge in [-0.1, -0.05) is 30.3 Å². The maximum atomic E-state index is 5.19. The van der Waals surface area contributed by atoms with Crippen molar-refractivity contribution >= 4 is 29.9 Å². The van der Waals surface area contributed by atoms with Gasteiger partial charge in [-0.05, 0) is 42.7 Å². The molecule has 2 aromatic carbocycles. The van der Waals surface area contributed by atoms with E-state index in [1.165, 1.54) is 18.4 Å². The van der Waals surface area contributed by atoms with E-state index in [-0.39, 0.29) is 29.4 Å². The average molecular weight is 518 g/mol. The van der Waals surface area contributed by atoms with Gasteiger partial charge in [-0.25, -0.2) is 4.98 Å². The zero-order valence-electron chi connectivity index (χ0n) is 17.2. The number of nitrogens with one attached hydrogen (secondary N) is 3. The summed E-state index contributed by atoms with van der Waals surface area (Å²) in [5, 5.41) is 14.0. The van der Waals surface area contributed by atoms with Crippen LogP contribution < -0.4 is 15.4 Å². The van der Waals surface area contributed by atoms with Crippen LogP contribution >= 0.6 is 24.0 Å². The molecule has 0 bridgehead atoms. The first kappa shape index (κ1) is 22.1. The summed E-state index contributed by atoms with van der Waals surface area (Å²) in [5.41, 5.74) is 2.56. The lowest BCUT2D eigenvalue weighted by atomic mass is 9.96. The summed E-state index contributed by atoms with van der Waals surface area (Å²) in [4.78, 5) is 8.89. The number of halogens is 1. The van der Waals surface area contributed by atoms with Crippen LogP contribution in [-0.4, -0.2) is 41.8 Å². The third-order valence-corrected chi connectivity index (χ3v) is 5.36. The fourth-order valence-corrected chi connectivity index (χ4v) is 3.39. The number of aromatic nitrogens is 3. The number of aromatic amines is 1. The van der Waals surface area contributed by atoms with Crippen LogP contribution in [0.25, 0.3) is 11.4 Å². The first-order chi connectivity index (χ1) is 14.2. The lowest BCUT2D eigenvalue weighted by molar-refractivity contribution is 0.415. The standard InChI is InChI=1S/C22H26N6O.HI/c1-23-21(25-15-22(12-13-22)17-6-4-3-5-7-17)24-14-19-26-20(28-27-19)16-8-10-18(29-2)11-9-16;/h3-11H,12-15H2,1-2H3,(H2,23,24,25)(H,26,27,28);1H. The maximum absolute atomic E-state index is 5.19. The van der Waals surface area contributed by atoms with Crippen LogP contribution in [0.3, 0.4) is 0 Å². The van der Waals surface area contributed by atoms with Crippen LogP contribution in [0.4, 0.5) is 0 Å². The van der Waals surface area contributed by atoms with E-state index in [4.69, 9.17) is 4.74 Å². The van der Waals surface area contributed by atoms with Gasteiger partial charge in [0.25, 0.3) is 0 Å². The molecule has 158 valence electrons.